The number of amides is 1. The van der Waals surface area contributed by atoms with Gasteiger partial charge in [0.2, 0.25) is 5.91 Å². The molecule has 0 saturated carbocycles. The second-order valence-electron chi connectivity index (χ2n) is 6.98. The minimum absolute atomic E-state index is 0.125. The van der Waals surface area contributed by atoms with Gasteiger partial charge in [-0.3, -0.25) is 4.79 Å². The van der Waals surface area contributed by atoms with Crippen molar-refractivity contribution in [1.29, 1.82) is 0 Å². The zero-order valence-electron chi connectivity index (χ0n) is 18.0. The van der Waals surface area contributed by atoms with Crippen molar-refractivity contribution in [2.45, 2.75) is 11.8 Å². The van der Waals surface area contributed by atoms with Crippen molar-refractivity contribution in [3.8, 4) is 5.75 Å². The minimum Gasteiger partial charge on any atom is -0.495 e. The van der Waals surface area contributed by atoms with Crippen LogP contribution in [0.3, 0.4) is 0 Å². The van der Waals surface area contributed by atoms with Crippen LogP contribution in [0.4, 0.5) is 17.1 Å². The number of anilines is 3. The Kier molecular flexibility index (Phi) is 8.28. The SMILES string of the molecule is COc1ccccc1NC(=S)Nc1cccc(SCC(=O)Nc2cc(C(=O)O)ccc2C)c1. The molecule has 3 aromatic carbocycles. The average Bonchev–Trinajstić information content (AvgIpc) is 2.79. The summed E-state index contributed by atoms with van der Waals surface area (Å²) in [6.07, 6.45) is 0. The molecular formula is C24H23N3O4S2. The van der Waals surface area contributed by atoms with Crippen LogP contribution in [0.5, 0.6) is 5.75 Å². The Labute approximate surface area is 201 Å². The van der Waals surface area contributed by atoms with Gasteiger partial charge in [0.05, 0.1) is 24.1 Å². The van der Waals surface area contributed by atoms with Gasteiger partial charge in [0, 0.05) is 16.3 Å². The number of aromatic carboxylic acids is 1. The molecule has 0 saturated heterocycles. The fourth-order valence-electron chi connectivity index (χ4n) is 2.92. The molecule has 0 aliphatic carbocycles. The van der Waals surface area contributed by atoms with Gasteiger partial charge in [-0.1, -0.05) is 24.3 Å². The predicted molar refractivity (Wildman–Crippen MR) is 137 cm³/mol. The summed E-state index contributed by atoms with van der Waals surface area (Å²) in [6.45, 7) is 1.81. The lowest BCUT2D eigenvalue weighted by molar-refractivity contribution is -0.113. The van der Waals surface area contributed by atoms with E-state index >= 15 is 0 Å². The minimum atomic E-state index is -1.04. The maximum atomic E-state index is 12.4. The first-order chi connectivity index (χ1) is 15.9. The van der Waals surface area contributed by atoms with E-state index in [1.54, 1.807) is 13.2 Å². The van der Waals surface area contributed by atoms with Gasteiger partial charge in [-0.05, 0) is 67.2 Å². The number of rotatable bonds is 8. The molecule has 0 heterocycles. The van der Waals surface area contributed by atoms with E-state index in [1.165, 1.54) is 23.9 Å². The molecule has 33 heavy (non-hydrogen) atoms. The van der Waals surface area contributed by atoms with Crippen LogP contribution in [-0.2, 0) is 4.79 Å². The molecule has 0 unspecified atom stereocenters. The number of carbonyl (C=O) groups is 2. The third kappa shape index (κ3) is 6.96. The molecule has 9 heteroatoms. The Morgan fingerprint density at radius 2 is 1.76 bits per heavy atom. The van der Waals surface area contributed by atoms with Gasteiger partial charge >= 0.3 is 5.97 Å². The lowest BCUT2D eigenvalue weighted by atomic mass is 10.1. The molecule has 0 aliphatic rings. The summed E-state index contributed by atoms with van der Waals surface area (Å²) in [7, 11) is 1.60. The van der Waals surface area contributed by atoms with Crippen LogP contribution in [-0.4, -0.2) is 35.0 Å². The predicted octanol–water partition coefficient (Wildman–Crippen LogP) is 5.24. The molecule has 0 aromatic heterocycles. The third-order valence-corrected chi connectivity index (χ3v) is 5.77. The molecular weight excluding hydrogens is 458 g/mol. The van der Waals surface area contributed by atoms with Crippen LogP contribution < -0.4 is 20.7 Å². The van der Waals surface area contributed by atoms with Crippen LogP contribution in [0.1, 0.15) is 15.9 Å². The molecule has 1 amide bonds. The molecule has 7 nitrogen and oxygen atoms in total. The summed E-state index contributed by atoms with van der Waals surface area (Å²) < 4.78 is 5.32. The number of methoxy groups -OCH3 is 1. The highest BCUT2D eigenvalue weighted by molar-refractivity contribution is 8.00. The highest BCUT2D eigenvalue weighted by Crippen LogP contribution is 2.25. The van der Waals surface area contributed by atoms with Crippen LogP contribution in [0, 0.1) is 6.92 Å². The van der Waals surface area contributed by atoms with Crippen molar-refractivity contribution in [2.24, 2.45) is 0 Å². The zero-order chi connectivity index (χ0) is 23.8. The lowest BCUT2D eigenvalue weighted by Gasteiger charge is -2.14. The van der Waals surface area contributed by atoms with Crippen molar-refractivity contribution in [1.82, 2.24) is 0 Å². The number of hydrogen-bond donors (Lipinski definition) is 4. The number of thiocarbonyl (C=S) groups is 1. The van der Waals surface area contributed by atoms with Crippen molar-refractivity contribution in [2.75, 3.05) is 28.8 Å². The maximum absolute atomic E-state index is 12.4. The number of aryl methyl sites for hydroxylation is 1. The topological polar surface area (TPSA) is 99.7 Å². The van der Waals surface area contributed by atoms with E-state index in [0.717, 1.165) is 21.8 Å². The largest absolute Gasteiger partial charge is 0.495 e. The first kappa shape index (κ1) is 24.1. The number of thioether (sulfide) groups is 1. The molecule has 3 rings (SSSR count). The van der Waals surface area contributed by atoms with Crippen molar-refractivity contribution >= 4 is 58.0 Å². The number of carbonyl (C=O) groups excluding carboxylic acids is 1. The summed E-state index contributed by atoms with van der Waals surface area (Å²) in [5.41, 5.74) is 2.93. The number of carboxylic acid groups (broad SMARTS) is 1. The maximum Gasteiger partial charge on any atom is 0.335 e. The standard InChI is InChI=1S/C24H23N3O4S2/c1-15-10-11-16(23(29)30)12-20(15)26-22(28)14-33-18-7-5-6-17(13-18)25-24(32)27-19-8-3-4-9-21(19)31-2/h3-13H,14H2,1-2H3,(H,26,28)(H,29,30)(H2,25,27,32). The fourth-order valence-corrected chi connectivity index (χ4v) is 3.90. The molecule has 0 radical (unpaired) electrons. The van der Waals surface area contributed by atoms with E-state index in [-0.39, 0.29) is 17.2 Å². The summed E-state index contributed by atoms with van der Waals surface area (Å²) in [4.78, 5) is 24.4. The Balaban J connectivity index is 1.57. The summed E-state index contributed by atoms with van der Waals surface area (Å²) >= 11 is 6.76. The number of ether oxygens (including phenoxy) is 1. The molecule has 170 valence electrons. The average molecular weight is 482 g/mol. The second-order valence-corrected chi connectivity index (χ2v) is 8.44. The fraction of sp³-hybridized carbons (Fsp3) is 0.125. The Bertz CT molecular complexity index is 1180. The van der Waals surface area contributed by atoms with Crippen molar-refractivity contribution < 1.29 is 19.4 Å². The molecule has 3 aromatic rings. The van der Waals surface area contributed by atoms with Gasteiger partial charge in [-0.2, -0.15) is 0 Å². The molecule has 0 spiro atoms. The molecule has 0 atom stereocenters. The van der Waals surface area contributed by atoms with E-state index in [0.29, 0.717) is 16.5 Å². The van der Waals surface area contributed by atoms with E-state index in [4.69, 9.17) is 22.1 Å². The highest BCUT2D eigenvalue weighted by atomic mass is 32.2. The molecule has 0 bridgehead atoms. The lowest BCUT2D eigenvalue weighted by Crippen LogP contribution is -2.19. The number of carboxylic acids is 1. The number of benzene rings is 3. The molecule has 4 N–H and O–H groups in total. The van der Waals surface area contributed by atoms with Crippen molar-refractivity contribution in [3.05, 3.63) is 77.9 Å². The normalized spacial score (nSPS) is 10.2. The smallest absolute Gasteiger partial charge is 0.335 e. The first-order valence-electron chi connectivity index (χ1n) is 9.93. The Morgan fingerprint density at radius 1 is 0.970 bits per heavy atom. The number of nitrogens with one attached hydrogen (secondary N) is 3. The molecule has 0 fully saturated rings. The Morgan fingerprint density at radius 3 is 2.52 bits per heavy atom. The third-order valence-electron chi connectivity index (χ3n) is 4.58. The van der Waals surface area contributed by atoms with Gasteiger partial charge in [0.25, 0.3) is 0 Å². The molecule has 0 aliphatic heterocycles. The zero-order valence-corrected chi connectivity index (χ0v) is 19.7. The van der Waals surface area contributed by atoms with Gasteiger partial charge in [-0.25, -0.2) is 4.79 Å². The van der Waals surface area contributed by atoms with Crippen LogP contribution >= 0.6 is 24.0 Å². The van der Waals surface area contributed by atoms with Crippen LogP contribution in [0.15, 0.2) is 71.6 Å². The van der Waals surface area contributed by atoms with Gasteiger partial charge < -0.3 is 25.8 Å². The van der Waals surface area contributed by atoms with Gasteiger partial charge in [-0.15, -0.1) is 11.8 Å². The van der Waals surface area contributed by atoms with E-state index in [1.807, 2.05) is 55.5 Å². The van der Waals surface area contributed by atoms with Crippen molar-refractivity contribution in [3.63, 3.8) is 0 Å². The van der Waals surface area contributed by atoms with Gasteiger partial charge in [0.15, 0.2) is 5.11 Å². The Hall–Kier alpha value is -3.56. The first-order valence-corrected chi connectivity index (χ1v) is 11.3. The van der Waals surface area contributed by atoms with E-state index in [2.05, 4.69) is 16.0 Å². The quantitative estimate of drug-likeness (QED) is 0.256. The second kappa shape index (κ2) is 11.3. The van der Waals surface area contributed by atoms with E-state index in [9.17, 15) is 9.59 Å². The van der Waals surface area contributed by atoms with Gasteiger partial charge in [0.1, 0.15) is 5.75 Å². The summed E-state index contributed by atoms with van der Waals surface area (Å²) in [6, 6.07) is 19.6. The summed E-state index contributed by atoms with van der Waals surface area (Å²) in [5.74, 6) is -0.412. The van der Waals surface area contributed by atoms with Crippen LogP contribution in [0.25, 0.3) is 0 Å². The monoisotopic (exact) mass is 481 g/mol. The number of para-hydroxylation sites is 2. The van der Waals surface area contributed by atoms with E-state index < -0.39 is 5.97 Å². The highest BCUT2D eigenvalue weighted by Gasteiger charge is 2.10. The van der Waals surface area contributed by atoms with Crippen LogP contribution in [0.2, 0.25) is 0 Å². The number of hydrogen-bond acceptors (Lipinski definition) is 5. The summed E-state index contributed by atoms with van der Waals surface area (Å²) in [5, 5.41) is 18.6.